The van der Waals surface area contributed by atoms with Gasteiger partial charge in [0, 0.05) is 11.6 Å². The van der Waals surface area contributed by atoms with Crippen molar-refractivity contribution in [3.8, 4) is 17.2 Å². The Bertz CT molecular complexity index is 780. The van der Waals surface area contributed by atoms with Gasteiger partial charge >= 0.3 is 0 Å². The first-order valence-electron chi connectivity index (χ1n) is 6.22. The minimum atomic E-state index is -0.787. The van der Waals surface area contributed by atoms with Crippen molar-refractivity contribution in [2.24, 2.45) is 5.10 Å². The van der Waals surface area contributed by atoms with Crippen molar-refractivity contribution in [2.75, 3.05) is 0 Å². The molecule has 0 aromatic heterocycles. The SMILES string of the molecule is O=C(NN=Cc1ccccc1[N+](=O)[O-])c1cc(O)c(O)c(O)c1. The molecule has 0 bridgehead atoms. The zero-order chi connectivity index (χ0) is 17.0. The van der Waals surface area contributed by atoms with Crippen LogP contribution in [-0.4, -0.2) is 32.4 Å². The van der Waals surface area contributed by atoms with Gasteiger partial charge in [0.2, 0.25) is 0 Å². The van der Waals surface area contributed by atoms with Crippen LogP contribution in [-0.2, 0) is 0 Å². The topological polar surface area (TPSA) is 145 Å². The molecule has 9 heteroatoms. The number of rotatable bonds is 4. The van der Waals surface area contributed by atoms with E-state index in [1.165, 1.54) is 18.2 Å². The predicted octanol–water partition coefficient (Wildman–Crippen LogP) is 1.48. The van der Waals surface area contributed by atoms with Gasteiger partial charge in [-0.05, 0) is 18.2 Å². The van der Waals surface area contributed by atoms with Gasteiger partial charge in [-0.2, -0.15) is 5.10 Å². The molecule has 2 rings (SSSR count). The molecule has 1 amide bonds. The Morgan fingerprint density at radius 3 is 2.39 bits per heavy atom. The maximum absolute atomic E-state index is 11.8. The van der Waals surface area contributed by atoms with Crippen molar-refractivity contribution in [1.29, 1.82) is 0 Å². The number of nitro benzene ring substituents is 1. The third kappa shape index (κ3) is 3.53. The van der Waals surface area contributed by atoms with Crippen LogP contribution in [0.25, 0.3) is 0 Å². The summed E-state index contributed by atoms with van der Waals surface area (Å²) in [6.07, 6.45) is 1.09. The Kier molecular flexibility index (Phi) is 4.41. The first-order valence-corrected chi connectivity index (χ1v) is 6.22. The van der Waals surface area contributed by atoms with Gasteiger partial charge in [-0.15, -0.1) is 0 Å². The molecule has 4 N–H and O–H groups in total. The maximum Gasteiger partial charge on any atom is 0.278 e. The normalized spacial score (nSPS) is 10.6. The molecule has 2 aromatic carbocycles. The quantitative estimate of drug-likeness (QED) is 0.291. The molecule has 0 saturated heterocycles. The molecule has 0 heterocycles. The lowest BCUT2D eigenvalue weighted by atomic mass is 10.2. The number of nitrogens with one attached hydrogen (secondary N) is 1. The second kappa shape index (κ2) is 6.43. The number of para-hydroxylation sites is 1. The van der Waals surface area contributed by atoms with Crippen LogP contribution in [0.4, 0.5) is 5.69 Å². The third-order valence-electron chi connectivity index (χ3n) is 2.84. The molecule has 118 valence electrons. The molecule has 0 radical (unpaired) electrons. The van der Waals surface area contributed by atoms with E-state index in [0.717, 1.165) is 18.3 Å². The Balaban J connectivity index is 2.15. The standard InChI is InChI=1S/C14H11N3O6/c18-11-5-9(6-12(19)13(11)20)14(21)16-15-7-8-3-1-2-4-10(8)17(22)23/h1-7,18-20H,(H,16,21). The number of benzene rings is 2. The number of hydrogen-bond acceptors (Lipinski definition) is 7. The summed E-state index contributed by atoms with van der Waals surface area (Å²) < 4.78 is 0. The first-order chi connectivity index (χ1) is 10.9. The predicted molar refractivity (Wildman–Crippen MR) is 79.6 cm³/mol. The molecule has 0 atom stereocenters. The summed E-state index contributed by atoms with van der Waals surface area (Å²) in [7, 11) is 0. The number of aromatic hydroxyl groups is 3. The second-order valence-corrected chi connectivity index (χ2v) is 4.38. The largest absolute Gasteiger partial charge is 0.504 e. The van der Waals surface area contributed by atoms with Crippen LogP contribution in [0.2, 0.25) is 0 Å². The van der Waals surface area contributed by atoms with Crippen LogP contribution < -0.4 is 5.43 Å². The van der Waals surface area contributed by atoms with Gasteiger partial charge in [0.1, 0.15) is 0 Å². The van der Waals surface area contributed by atoms with Crippen molar-refractivity contribution in [3.05, 3.63) is 57.6 Å². The van der Waals surface area contributed by atoms with Gasteiger partial charge in [-0.1, -0.05) is 12.1 Å². The van der Waals surface area contributed by atoms with Crippen LogP contribution in [0.1, 0.15) is 15.9 Å². The van der Waals surface area contributed by atoms with Crippen molar-refractivity contribution < 1.29 is 25.0 Å². The molecular formula is C14H11N3O6. The fourth-order valence-electron chi connectivity index (χ4n) is 1.72. The van der Waals surface area contributed by atoms with Crippen LogP contribution in [0.5, 0.6) is 17.2 Å². The van der Waals surface area contributed by atoms with E-state index in [0.29, 0.717) is 0 Å². The highest BCUT2D eigenvalue weighted by Gasteiger charge is 2.13. The number of phenols is 3. The molecule has 0 saturated carbocycles. The molecule has 23 heavy (non-hydrogen) atoms. The van der Waals surface area contributed by atoms with E-state index in [9.17, 15) is 30.2 Å². The van der Waals surface area contributed by atoms with Crippen molar-refractivity contribution >= 4 is 17.8 Å². The molecule has 0 unspecified atom stereocenters. The highest BCUT2D eigenvalue weighted by molar-refractivity contribution is 5.96. The number of hydrogen-bond donors (Lipinski definition) is 4. The number of amides is 1. The van der Waals surface area contributed by atoms with E-state index in [2.05, 4.69) is 10.5 Å². The second-order valence-electron chi connectivity index (χ2n) is 4.38. The average Bonchev–Trinajstić information content (AvgIpc) is 2.52. The van der Waals surface area contributed by atoms with E-state index in [4.69, 9.17) is 0 Å². The lowest BCUT2D eigenvalue weighted by Crippen LogP contribution is -2.17. The number of nitrogens with zero attached hydrogens (tertiary/aromatic N) is 2. The van der Waals surface area contributed by atoms with E-state index in [1.54, 1.807) is 6.07 Å². The van der Waals surface area contributed by atoms with Crippen LogP contribution in [0.15, 0.2) is 41.5 Å². The summed E-state index contributed by atoms with van der Waals surface area (Å²) in [5.74, 6) is -2.87. The number of hydrazone groups is 1. The summed E-state index contributed by atoms with van der Waals surface area (Å²) in [4.78, 5) is 22.0. The highest BCUT2D eigenvalue weighted by atomic mass is 16.6. The summed E-state index contributed by atoms with van der Waals surface area (Å²) in [6.45, 7) is 0. The van der Waals surface area contributed by atoms with Gasteiger partial charge in [0.05, 0.1) is 16.7 Å². The van der Waals surface area contributed by atoms with Crippen LogP contribution in [0.3, 0.4) is 0 Å². The number of nitro groups is 1. The fraction of sp³-hybridized carbons (Fsp3) is 0. The minimum absolute atomic E-state index is 0.155. The van der Waals surface area contributed by atoms with Crippen LogP contribution in [0, 0.1) is 10.1 Å². The third-order valence-corrected chi connectivity index (χ3v) is 2.84. The monoisotopic (exact) mass is 317 g/mol. The molecule has 0 aliphatic heterocycles. The van der Waals surface area contributed by atoms with Gasteiger partial charge in [0.25, 0.3) is 11.6 Å². The number of phenolic OH excluding ortho intramolecular Hbond substituents is 3. The summed E-state index contributed by atoms with van der Waals surface area (Å²) in [5, 5.41) is 42.3. The molecule has 0 aliphatic rings. The molecule has 0 fully saturated rings. The highest BCUT2D eigenvalue weighted by Crippen LogP contribution is 2.35. The molecule has 0 aliphatic carbocycles. The number of carbonyl (C=O) groups excluding carboxylic acids is 1. The van der Waals surface area contributed by atoms with E-state index >= 15 is 0 Å². The summed E-state index contributed by atoms with van der Waals surface area (Å²) in [5.41, 5.74) is 1.95. The Morgan fingerprint density at radius 1 is 1.17 bits per heavy atom. The summed E-state index contributed by atoms with van der Waals surface area (Å²) >= 11 is 0. The average molecular weight is 317 g/mol. The molecule has 9 nitrogen and oxygen atoms in total. The van der Waals surface area contributed by atoms with Gasteiger partial charge in [-0.3, -0.25) is 14.9 Å². The Hall–Kier alpha value is -3.62. The fourth-order valence-corrected chi connectivity index (χ4v) is 1.72. The molecule has 0 spiro atoms. The summed E-state index contributed by atoms with van der Waals surface area (Å²) in [6, 6.07) is 7.68. The maximum atomic E-state index is 11.8. The zero-order valence-electron chi connectivity index (χ0n) is 11.5. The lowest BCUT2D eigenvalue weighted by molar-refractivity contribution is -0.385. The van der Waals surface area contributed by atoms with E-state index < -0.39 is 28.1 Å². The number of carbonyl (C=O) groups is 1. The molecular weight excluding hydrogens is 306 g/mol. The van der Waals surface area contributed by atoms with Crippen LogP contribution >= 0.6 is 0 Å². The van der Waals surface area contributed by atoms with Gasteiger partial charge in [0.15, 0.2) is 17.2 Å². The Morgan fingerprint density at radius 2 is 1.78 bits per heavy atom. The molecule has 2 aromatic rings. The van der Waals surface area contributed by atoms with Crippen molar-refractivity contribution in [1.82, 2.24) is 5.43 Å². The van der Waals surface area contributed by atoms with Crippen molar-refractivity contribution in [3.63, 3.8) is 0 Å². The van der Waals surface area contributed by atoms with Gasteiger partial charge in [-0.25, -0.2) is 5.43 Å². The lowest BCUT2D eigenvalue weighted by Gasteiger charge is -2.04. The van der Waals surface area contributed by atoms with E-state index in [-0.39, 0.29) is 16.8 Å². The minimum Gasteiger partial charge on any atom is -0.504 e. The van der Waals surface area contributed by atoms with Gasteiger partial charge < -0.3 is 15.3 Å². The smallest absolute Gasteiger partial charge is 0.278 e. The van der Waals surface area contributed by atoms with Crippen molar-refractivity contribution in [2.45, 2.75) is 0 Å². The first kappa shape index (κ1) is 15.8. The Labute approximate surface area is 129 Å². The van der Waals surface area contributed by atoms with E-state index in [1.807, 2.05) is 0 Å². The zero-order valence-corrected chi connectivity index (χ0v) is 11.5.